The fraction of sp³-hybridized carbons (Fsp3) is 0.111. The molecule has 0 amide bonds. The lowest BCUT2D eigenvalue weighted by Gasteiger charge is -2.06. The molecule has 3 N–H and O–H groups in total. The van der Waals surface area contributed by atoms with Gasteiger partial charge in [-0.25, -0.2) is 13.1 Å². The van der Waals surface area contributed by atoms with E-state index in [1.165, 1.54) is 19.1 Å². The smallest absolute Gasteiger partial charge is 0.329 e. The van der Waals surface area contributed by atoms with Gasteiger partial charge in [0.25, 0.3) is 10.0 Å². The molecule has 0 fully saturated rings. The Morgan fingerprint density at radius 2 is 2.10 bits per heavy atom. The second-order valence-corrected chi connectivity index (χ2v) is 5.33. The largest absolute Gasteiger partial charge is 0.408 e. The van der Waals surface area contributed by atoms with Crippen molar-refractivity contribution < 1.29 is 17.8 Å². The molecule has 1 aromatic heterocycles. The van der Waals surface area contributed by atoms with Gasteiger partial charge in [-0.05, 0) is 12.1 Å². The minimum absolute atomic E-state index is 0.143. The fourth-order valence-electron chi connectivity index (χ4n) is 1.46. The third-order valence-electron chi connectivity index (χ3n) is 2.25. The van der Waals surface area contributed by atoms with Crippen LogP contribution in [0.25, 0.3) is 0 Å². The number of para-hydroxylation sites is 1. The zero-order valence-corrected chi connectivity index (χ0v) is 10.9. The fourth-order valence-corrected chi connectivity index (χ4v) is 2.59. The summed E-state index contributed by atoms with van der Waals surface area (Å²) >= 11 is 0. The van der Waals surface area contributed by atoms with E-state index in [0.29, 0.717) is 0 Å². The van der Waals surface area contributed by atoms with Gasteiger partial charge in [-0.1, -0.05) is 11.2 Å². The van der Waals surface area contributed by atoms with Gasteiger partial charge in [-0.2, -0.15) is 0 Å². The molecular weight excluding hydrogens is 290 g/mol. The lowest BCUT2D eigenvalue weighted by molar-refractivity contribution is -0.386. The number of rotatable bonds is 4. The number of nitrogens with one attached hydrogen (secondary N) is 1. The van der Waals surface area contributed by atoms with Gasteiger partial charge < -0.3 is 10.2 Å². The molecule has 0 saturated heterocycles. The van der Waals surface area contributed by atoms with Gasteiger partial charge in [-0.3, -0.25) is 10.1 Å². The molecule has 20 heavy (non-hydrogen) atoms. The zero-order chi connectivity index (χ0) is 14.9. The molecule has 0 aliphatic carbocycles. The van der Waals surface area contributed by atoms with Crippen molar-refractivity contribution >= 4 is 27.4 Å². The number of benzene rings is 1. The van der Waals surface area contributed by atoms with Crippen LogP contribution in [0.3, 0.4) is 0 Å². The van der Waals surface area contributed by atoms with Gasteiger partial charge in [0.1, 0.15) is 5.69 Å². The molecule has 10 nitrogen and oxygen atoms in total. The highest BCUT2D eigenvalue weighted by atomic mass is 32.2. The highest BCUT2D eigenvalue weighted by molar-refractivity contribution is 7.92. The summed E-state index contributed by atoms with van der Waals surface area (Å²) in [4.78, 5) is 9.47. The monoisotopic (exact) mass is 299 g/mol. The number of aromatic nitrogens is 2. The molecule has 11 heteroatoms. The molecule has 0 aliphatic rings. The molecule has 0 saturated carbocycles. The number of hydrogen-bond donors (Lipinski definition) is 2. The number of hydrogen-bond acceptors (Lipinski definition) is 8. The van der Waals surface area contributed by atoms with Crippen LogP contribution in [0.2, 0.25) is 0 Å². The number of nitrogens with two attached hydrogens (primary N) is 1. The maximum atomic E-state index is 12.1. The van der Waals surface area contributed by atoms with E-state index in [9.17, 15) is 18.5 Å². The molecule has 0 unspecified atom stereocenters. The zero-order valence-electron chi connectivity index (χ0n) is 10.1. The average molecular weight is 299 g/mol. The molecule has 106 valence electrons. The summed E-state index contributed by atoms with van der Waals surface area (Å²) in [6.45, 7) is 1.47. The van der Waals surface area contributed by atoms with Crippen LogP contribution in [-0.4, -0.2) is 23.5 Å². The van der Waals surface area contributed by atoms with Crippen LogP contribution in [-0.2, 0) is 10.0 Å². The van der Waals surface area contributed by atoms with Gasteiger partial charge in [-0.15, -0.1) is 5.10 Å². The highest BCUT2D eigenvalue weighted by Gasteiger charge is 2.29. The average Bonchev–Trinajstić information content (AvgIpc) is 2.73. The van der Waals surface area contributed by atoms with Crippen LogP contribution >= 0.6 is 0 Å². The van der Waals surface area contributed by atoms with Gasteiger partial charge >= 0.3 is 11.7 Å². The first-order chi connectivity index (χ1) is 9.31. The number of nitrogens with zero attached hydrogens (tertiary/aromatic N) is 3. The van der Waals surface area contributed by atoms with Gasteiger partial charge in [0, 0.05) is 6.92 Å². The Bertz CT molecular complexity index is 769. The highest BCUT2D eigenvalue weighted by Crippen LogP contribution is 2.30. The van der Waals surface area contributed by atoms with E-state index < -0.39 is 25.5 Å². The van der Waals surface area contributed by atoms with Crippen molar-refractivity contribution in [2.75, 3.05) is 10.5 Å². The van der Waals surface area contributed by atoms with E-state index in [1.54, 1.807) is 0 Å². The van der Waals surface area contributed by atoms with Crippen LogP contribution in [0.4, 0.5) is 17.4 Å². The molecule has 0 aliphatic heterocycles. The molecule has 1 aromatic carbocycles. The first kappa shape index (κ1) is 13.7. The maximum absolute atomic E-state index is 12.1. The summed E-state index contributed by atoms with van der Waals surface area (Å²) in [5.41, 5.74) is 4.46. The van der Waals surface area contributed by atoms with Gasteiger partial charge in [0.05, 0.1) is 4.92 Å². The van der Waals surface area contributed by atoms with E-state index >= 15 is 0 Å². The molecule has 2 rings (SSSR count). The number of aryl methyl sites for hydroxylation is 1. The van der Waals surface area contributed by atoms with Crippen LogP contribution in [0.1, 0.15) is 5.89 Å². The standard InChI is InChI=1S/C9H9N5O5S/c1-5-11-12-9(19-5)13-20(17,18)7-4-2-3-6(10)8(7)14(15)16/h2-4H,10H2,1H3,(H,12,13). The van der Waals surface area contributed by atoms with Crippen LogP contribution in [0, 0.1) is 17.0 Å². The molecule has 0 atom stereocenters. The molecular formula is C9H9N5O5S. The van der Waals surface area contributed by atoms with Crippen LogP contribution in [0.5, 0.6) is 0 Å². The second kappa shape index (κ2) is 4.77. The first-order valence-corrected chi connectivity index (χ1v) is 6.65. The van der Waals surface area contributed by atoms with Crippen molar-refractivity contribution in [2.24, 2.45) is 0 Å². The lowest BCUT2D eigenvalue weighted by atomic mass is 10.3. The third kappa shape index (κ3) is 2.51. The SMILES string of the molecule is Cc1nnc(NS(=O)(=O)c2cccc(N)c2[N+](=O)[O-])o1. The maximum Gasteiger partial charge on any atom is 0.329 e. The Hall–Kier alpha value is -2.69. The van der Waals surface area contributed by atoms with Crippen molar-refractivity contribution in [3.05, 3.63) is 34.2 Å². The summed E-state index contributed by atoms with van der Waals surface area (Å²) in [6.07, 6.45) is 0. The summed E-state index contributed by atoms with van der Waals surface area (Å²) in [7, 11) is -4.27. The topological polar surface area (TPSA) is 154 Å². The van der Waals surface area contributed by atoms with Crippen LogP contribution < -0.4 is 10.5 Å². The lowest BCUT2D eigenvalue weighted by Crippen LogP contribution is -2.15. The summed E-state index contributed by atoms with van der Waals surface area (Å²) in [5.74, 6) is 0.143. The quantitative estimate of drug-likeness (QED) is 0.474. The van der Waals surface area contributed by atoms with Crippen molar-refractivity contribution in [1.82, 2.24) is 10.2 Å². The Morgan fingerprint density at radius 3 is 2.65 bits per heavy atom. The third-order valence-corrected chi connectivity index (χ3v) is 3.60. The number of nitro benzene ring substituents is 1. The van der Waals surface area contributed by atoms with E-state index in [4.69, 9.17) is 10.2 Å². The molecule has 0 radical (unpaired) electrons. The molecule has 2 aromatic rings. The van der Waals surface area contributed by atoms with Crippen molar-refractivity contribution in [3.63, 3.8) is 0 Å². The van der Waals surface area contributed by atoms with Gasteiger partial charge in [0.2, 0.25) is 5.89 Å². The minimum atomic E-state index is -4.27. The summed E-state index contributed by atoms with van der Waals surface area (Å²) in [6, 6.07) is 3.18. The number of nitrogen functional groups attached to an aromatic ring is 1. The second-order valence-electron chi connectivity index (χ2n) is 3.68. The van der Waals surface area contributed by atoms with E-state index in [1.807, 2.05) is 4.72 Å². The minimum Gasteiger partial charge on any atom is -0.408 e. The normalized spacial score (nSPS) is 11.2. The number of nitro groups is 1. The van der Waals surface area contributed by atoms with Crippen LogP contribution in [0.15, 0.2) is 27.5 Å². The Morgan fingerprint density at radius 1 is 1.40 bits per heavy atom. The first-order valence-electron chi connectivity index (χ1n) is 5.17. The molecule has 0 bridgehead atoms. The number of sulfonamides is 1. The van der Waals surface area contributed by atoms with E-state index in [2.05, 4.69) is 10.2 Å². The molecule has 0 spiro atoms. The van der Waals surface area contributed by atoms with E-state index in [-0.39, 0.29) is 17.6 Å². The Balaban J connectivity index is 2.50. The van der Waals surface area contributed by atoms with E-state index in [0.717, 1.165) is 6.07 Å². The predicted molar refractivity (Wildman–Crippen MR) is 67.4 cm³/mol. The van der Waals surface area contributed by atoms with Crippen molar-refractivity contribution in [3.8, 4) is 0 Å². The number of anilines is 2. The summed E-state index contributed by atoms with van der Waals surface area (Å²) in [5, 5.41) is 17.8. The van der Waals surface area contributed by atoms with Crippen molar-refractivity contribution in [2.45, 2.75) is 11.8 Å². The van der Waals surface area contributed by atoms with Gasteiger partial charge in [0.15, 0.2) is 4.90 Å². The Labute approximate surface area is 112 Å². The summed E-state index contributed by atoms with van der Waals surface area (Å²) < 4.78 is 31.0. The Kier molecular flexibility index (Phi) is 3.28. The van der Waals surface area contributed by atoms with Crippen molar-refractivity contribution in [1.29, 1.82) is 0 Å². The molecule has 1 heterocycles. The predicted octanol–water partition coefficient (Wildman–Crippen LogP) is 0.669.